The molecule has 140 valence electrons. The Bertz CT molecular complexity index is 850. The van der Waals surface area contributed by atoms with Gasteiger partial charge in [-0.2, -0.15) is 0 Å². The lowest BCUT2D eigenvalue weighted by Crippen LogP contribution is -2.42. The molecule has 0 spiro atoms. The number of anilines is 1. The van der Waals surface area contributed by atoms with Gasteiger partial charge in [-0.3, -0.25) is 9.59 Å². The Hall–Kier alpha value is -2.66. The molecule has 0 radical (unpaired) electrons. The van der Waals surface area contributed by atoms with Gasteiger partial charge in [0.2, 0.25) is 0 Å². The van der Waals surface area contributed by atoms with Crippen molar-refractivity contribution in [3.05, 3.63) is 65.2 Å². The van der Waals surface area contributed by atoms with Gasteiger partial charge in [-0.1, -0.05) is 29.8 Å². The van der Waals surface area contributed by atoms with Gasteiger partial charge in [0, 0.05) is 24.2 Å². The van der Waals surface area contributed by atoms with Crippen LogP contribution in [0.3, 0.4) is 0 Å². The third-order valence-corrected chi connectivity index (χ3v) is 5.57. The maximum atomic E-state index is 13.4. The molecule has 2 saturated heterocycles. The lowest BCUT2D eigenvalue weighted by molar-refractivity contribution is 0.0681. The zero-order chi connectivity index (χ0) is 18.8. The molecule has 2 aromatic rings. The number of amides is 2. The smallest absolute Gasteiger partial charge is 0.256 e. The first-order valence-electron chi connectivity index (χ1n) is 9.64. The van der Waals surface area contributed by atoms with Crippen LogP contribution in [0, 0.1) is 6.92 Å². The molecule has 0 saturated carbocycles. The summed E-state index contributed by atoms with van der Waals surface area (Å²) < 4.78 is 0. The van der Waals surface area contributed by atoms with Crippen LogP contribution >= 0.6 is 0 Å². The van der Waals surface area contributed by atoms with Gasteiger partial charge in [0.25, 0.3) is 11.8 Å². The normalized spacial score (nSPS) is 21.6. The maximum absolute atomic E-state index is 13.4. The van der Waals surface area contributed by atoms with Crippen molar-refractivity contribution < 1.29 is 9.59 Å². The summed E-state index contributed by atoms with van der Waals surface area (Å²) in [5.41, 5.74) is 2.76. The van der Waals surface area contributed by atoms with Gasteiger partial charge >= 0.3 is 0 Å². The van der Waals surface area contributed by atoms with E-state index in [1.165, 1.54) is 0 Å². The minimum atomic E-state index is -0.195. The summed E-state index contributed by atoms with van der Waals surface area (Å²) in [6, 6.07) is 15.3. The van der Waals surface area contributed by atoms with Crippen molar-refractivity contribution in [2.24, 2.45) is 0 Å². The lowest BCUT2D eigenvalue weighted by Gasteiger charge is -2.28. The van der Waals surface area contributed by atoms with Crippen molar-refractivity contribution >= 4 is 17.5 Å². The van der Waals surface area contributed by atoms with E-state index in [4.69, 9.17) is 0 Å². The van der Waals surface area contributed by atoms with Crippen molar-refractivity contribution in [3.8, 4) is 0 Å². The molecule has 5 nitrogen and oxygen atoms in total. The number of carbonyl (C=O) groups excluding carboxylic acids is 2. The van der Waals surface area contributed by atoms with Gasteiger partial charge in [-0.05, 0) is 57.0 Å². The van der Waals surface area contributed by atoms with Crippen LogP contribution in [0.1, 0.15) is 45.5 Å². The van der Waals surface area contributed by atoms with E-state index in [1.807, 2.05) is 48.2 Å². The number of hydrogen-bond donors (Lipinski definition) is 2. The van der Waals surface area contributed by atoms with E-state index in [0.29, 0.717) is 16.8 Å². The quantitative estimate of drug-likeness (QED) is 0.880. The molecule has 5 heteroatoms. The van der Waals surface area contributed by atoms with Crippen LogP contribution in [-0.4, -0.2) is 41.9 Å². The number of hydrogen-bond acceptors (Lipinski definition) is 3. The highest BCUT2D eigenvalue weighted by molar-refractivity contribution is 6.09. The predicted molar refractivity (Wildman–Crippen MR) is 106 cm³/mol. The molecule has 27 heavy (non-hydrogen) atoms. The lowest BCUT2D eigenvalue weighted by atomic mass is 10.1. The molecule has 0 aromatic heterocycles. The second-order valence-electron chi connectivity index (χ2n) is 7.46. The maximum Gasteiger partial charge on any atom is 0.256 e. The molecule has 2 N–H and O–H groups in total. The minimum Gasteiger partial charge on any atom is -0.331 e. The second kappa shape index (κ2) is 7.53. The monoisotopic (exact) mass is 363 g/mol. The molecule has 2 atom stereocenters. The summed E-state index contributed by atoms with van der Waals surface area (Å²) in [7, 11) is 0. The number of rotatable bonds is 3. The van der Waals surface area contributed by atoms with Gasteiger partial charge in [-0.25, -0.2) is 0 Å². The average Bonchev–Trinajstić information content (AvgIpc) is 2.94. The fraction of sp³-hybridized carbons (Fsp3) is 0.364. The van der Waals surface area contributed by atoms with Crippen molar-refractivity contribution in [2.75, 3.05) is 18.4 Å². The molecular weight excluding hydrogens is 338 g/mol. The molecule has 2 amide bonds. The van der Waals surface area contributed by atoms with Crippen LogP contribution in [0.5, 0.6) is 0 Å². The molecule has 2 bridgehead atoms. The number of nitrogens with zero attached hydrogens (tertiary/aromatic N) is 1. The zero-order valence-electron chi connectivity index (χ0n) is 15.6. The van der Waals surface area contributed by atoms with Crippen LogP contribution < -0.4 is 10.6 Å². The molecule has 2 aliphatic heterocycles. The van der Waals surface area contributed by atoms with E-state index in [0.717, 1.165) is 37.9 Å². The Morgan fingerprint density at radius 2 is 1.85 bits per heavy atom. The van der Waals surface area contributed by atoms with Crippen molar-refractivity contribution in [2.45, 2.75) is 38.3 Å². The van der Waals surface area contributed by atoms with Crippen molar-refractivity contribution in [1.29, 1.82) is 0 Å². The van der Waals surface area contributed by atoms with Gasteiger partial charge in [-0.15, -0.1) is 0 Å². The Morgan fingerprint density at radius 1 is 1.04 bits per heavy atom. The number of aryl methyl sites for hydroxylation is 1. The molecule has 4 rings (SSSR count). The molecule has 0 aliphatic carbocycles. The van der Waals surface area contributed by atoms with E-state index in [2.05, 4.69) is 10.6 Å². The molecule has 2 aromatic carbocycles. The van der Waals surface area contributed by atoms with E-state index < -0.39 is 0 Å². The third kappa shape index (κ3) is 3.60. The average molecular weight is 363 g/mol. The number of para-hydroxylation sites is 1. The summed E-state index contributed by atoms with van der Waals surface area (Å²) in [6.45, 7) is 3.76. The van der Waals surface area contributed by atoms with Crippen LogP contribution in [0.2, 0.25) is 0 Å². The van der Waals surface area contributed by atoms with Crippen LogP contribution in [0.25, 0.3) is 0 Å². The van der Waals surface area contributed by atoms with Crippen LogP contribution in [0.4, 0.5) is 5.69 Å². The van der Waals surface area contributed by atoms with Gasteiger partial charge in [0.05, 0.1) is 11.3 Å². The number of benzene rings is 2. The minimum absolute atomic E-state index is 0.0198. The molecule has 2 fully saturated rings. The van der Waals surface area contributed by atoms with E-state index in [1.54, 1.807) is 12.1 Å². The third-order valence-electron chi connectivity index (χ3n) is 5.57. The summed E-state index contributed by atoms with van der Waals surface area (Å²) in [4.78, 5) is 28.1. The molecule has 2 heterocycles. The van der Waals surface area contributed by atoms with Crippen LogP contribution in [-0.2, 0) is 0 Å². The number of fused-ring (bicyclic) bond motifs is 2. The highest BCUT2D eigenvalue weighted by Gasteiger charge is 2.38. The molecule has 2 aliphatic rings. The van der Waals surface area contributed by atoms with E-state index in [-0.39, 0.29) is 23.9 Å². The highest BCUT2D eigenvalue weighted by Crippen LogP contribution is 2.31. The summed E-state index contributed by atoms with van der Waals surface area (Å²) in [5.74, 6) is -0.175. The predicted octanol–water partition coefficient (Wildman–Crippen LogP) is 3.21. The first-order chi connectivity index (χ1) is 13.1. The van der Waals surface area contributed by atoms with Gasteiger partial charge in [0.1, 0.15) is 0 Å². The SMILES string of the molecule is Cc1cccc(C(=O)Nc2ccccc2C(=O)N2C3CCNCC2CC3)c1. The first kappa shape index (κ1) is 17.7. The fourth-order valence-electron chi connectivity index (χ4n) is 4.21. The number of nitrogens with one attached hydrogen (secondary N) is 2. The largest absolute Gasteiger partial charge is 0.331 e. The first-order valence-corrected chi connectivity index (χ1v) is 9.64. The highest BCUT2D eigenvalue weighted by atomic mass is 16.2. The molecule has 2 unspecified atom stereocenters. The zero-order valence-corrected chi connectivity index (χ0v) is 15.6. The fourth-order valence-corrected chi connectivity index (χ4v) is 4.21. The van der Waals surface area contributed by atoms with Crippen LogP contribution in [0.15, 0.2) is 48.5 Å². The summed E-state index contributed by atoms with van der Waals surface area (Å²) in [6.07, 6.45) is 3.09. The Kier molecular flexibility index (Phi) is 4.94. The van der Waals surface area contributed by atoms with E-state index >= 15 is 0 Å². The molecular formula is C22H25N3O2. The Labute approximate surface area is 159 Å². The van der Waals surface area contributed by atoms with Gasteiger partial charge < -0.3 is 15.5 Å². The summed E-state index contributed by atoms with van der Waals surface area (Å²) >= 11 is 0. The van der Waals surface area contributed by atoms with Crippen molar-refractivity contribution in [3.63, 3.8) is 0 Å². The Morgan fingerprint density at radius 3 is 2.70 bits per heavy atom. The Balaban J connectivity index is 1.59. The standard InChI is InChI=1S/C22H25N3O2/c1-15-5-4-6-16(13-15)21(26)24-20-8-3-2-7-19(20)22(27)25-17-9-10-18(25)14-23-12-11-17/h2-8,13,17-18,23H,9-12,14H2,1H3,(H,24,26). The van der Waals surface area contributed by atoms with Crippen molar-refractivity contribution in [1.82, 2.24) is 10.2 Å². The number of carbonyl (C=O) groups is 2. The topological polar surface area (TPSA) is 61.4 Å². The van der Waals surface area contributed by atoms with E-state index in [9.17, 15) is 9.59 Å². The summed E-state index contributed by atoms with van der Waals surface area (Å²) in [5, 5.41) is 6.36. The van der Waals surface area contributed by atoms with Gasteiger partial charge in [0.15, 0.2) is 0 Å². The second-order valence-corrected chi connectivity index (χ2v) is 7.46.